The summed E-state index contributed by atoms with van der Waals surface area (Å²) < 4.78 is 0. The van der Waals surface area contributed by atoms with Gasteiger partial charge in [0, 0.05) is 0 Å². The highest BCUT2D eigenvalue weighted by molar-refractivity contribution is 5.81. The number of pyridine rings is 1. The molecule has 0 N–H and O–H groups in total. The second kappa shape index (κ2) is 16.8. The van der Waals surface area contributed by atoms with Gasteiger partial charge in [-0.25, -0.2) is 4.98 Å². The summed E-state index contributed by atoms with van der Waals surface area (Å²) in [4.78, 5) is 4.89. The van der Waals surface area contributed by atoms with Crippen LogP contribution in [0.5, 0.6) is 0 Å². The van der Waals surface area contributed by atoms with Gasteiger partial charge in [-0.05, 0) is 46.7 Å². The molecule has 0 fully saturated rings. The number of nitrogens with zero attached hydrogens (tertiary/aromatic N) is 1. The maximum Gasteiger partial charge on any atom is 0.0715 e. The fourth-order valence-electron chi connectivity index (χ4n) is 2.93. The van der Waals surface area contributed by atoms with Crippen LogP contribution in [0, 0.1) is 5.92 Å². The summed E-state index contributed by atoms with van der Waals surface area (Å²) >= 11 is 0. The van der Waals surface area contributed by atoms with E-state index >= 15 is 0 Å². The topological polar surface area (TPSA) is 12.9 Å². The highest BCUT2D eigenvalue weighted by Crippen LogP contribution is 2.29. The van der Waals surface area contributed by atoms with E-state index in [0.29, 0.717) is 5.92 Å². The molecule has 0 radical (unpaired) electrons. The van der Waals surface area contributed by atoms with Gasteiger partial charge in [0.25, 0.3) is 0 Å². The molecule has 0 saturated carbocycles. The fourth-order valence-corrected chi connectivity index (χ4v) is 2.93. The molecule has 0 aliphatic heterocycles. The third kappa shape index (κ3) is 8.76. The first-order valence-corrected chi connectivity index (χ1v) is 11.6. The molecule has 2 aromatic rings. The Morgan fingerprint density at radius 2 is 1.58 bits per heavy atom. The fraction of sp³-hybridized carbons (Fsp3) is 0.300. The van der Waals surface area contributed by atoms with Crippen molar-refractivity contribution in [3.05, 3.63) is 103 Å². The van der Waals surface area contributed by atoms with Crippen LogP contribution in [-0.4, -0.2) is 4.98 Å². The second-order valence-electron chi connectivity index (χ2n) is 6.29. The first kappa shape index (κ1) is 28.1. The molecule has 1 atom stereocenters. The van der Waals surface area contributed by atoms with Crippen molar-refractivity contribution in [3.63, 3.8) is 0 Å². The highest BCUT2D eigenvalue weighted by atomic mass is 14.7. The average molecular weight is 416 g/mol. The molecular formula is C30H41N. The van der Waals surface area contributed by atoms with E-state index < -0.39 is 0 Å². The molecule has 0 bridgehead atoms. The molecule has 0 saturated heterocycles. The lowest BCUT2D eigenvalue weighted by Gasteiger charge is -2.14. The van der Waals surface area contributed by atoms with Crippen LogP contribution in [0.2, 0.25) is 0 Å². The van der Waals surface area contributed by atoms with Crippen LogP contribution in [0.1, 0.15) is 66.3 Å². The molecule has 1 heteroatoms. The number of benzene rings is 1. The molecule has 0 spiro atoms. The zero-order valence-electron chi connectivity index (χ0n) is 20.7. The molecule has 3 rings (SSSR count). The van der Waals surface area contributed by atoms with Gasteiger partial charge in [-0.15, -0.1) is 0 Å². The monoisotopic (exact) mass is 415 g/mol. The second-order valence-corrected chi connectivity index (χ2v) is 6.29. The van der Waals surface area contributed by atoms with E-state index in [4.69, 9.17) is 4.98 Å². The smallest absolute Gasteiger partial charge is 0.0715 e. The number of hydrogen-bond acceptors (Lipinski definition) is 1. The summed E-state index contributed by atoms with van der Waals surface area (Å²) in [5.41, 5.74) is 6.41. The number of allylic oxidation sites excluding steroid dienone is 8. The van der Waals surface area contributed by atoms with Crippen molar-refractivity contribution < 1.29 is 0 Å². The maximum absolute atomic E-state index is 4.89. The minimum absolute atomic E-state index is 0.588. The Bertz CT molecular complexity index is 867. The van der Waals surface area contributed by atoms with Crippen molar-refractivity contribution >= 4 is 11.1 Å². The van der Waals surface area contributed by atoms with Crippen molar-refractivity contribution in [1.82, 2.24) is 4.98 Å². The van der Waals surface area contributed by atoms with Gasteiger partial charge in [-0.2, -0.15) is 0 Å². The number of rotatable bonds is 5. The van der Waals surface area contributed by atoms with Crippen LogP contribution < -0.4 is 0 Å². The molecule has 1 aliphatic carbocycles. The standard InChI is InChI=1S/C24H23N.3C2H6/c1-4-9-19(5-2)23-16-22(20-10-7-6-8-11-20)17-24(25-23)21-14-12-18(3)13-15-21;3*1-2/h4-12,14-18H,1-2,13H2,3H3;3*1-2H3/b19-9+;;;. The van der Waals surface area contributed by atoms with Gasteiger partial charge >= 0.3 is 0 Å². The van der Waals surface area contributed by atoms with E-state index in [-0.39, 0.29) is 0 Å². The van der Waals surface area contributed by atoms with E-state index in [1.807, 2.05) is 59.8 Å². The van der Waals surface area contributed by atoms with Crippen molar-refractivity contribution in [1.29, 1.82) is 0 Å². The Morgan fingerprint density at radius 1 is 0.935 bits per heavy atom. The molecule has 166 valence electrons. The molecule has 1 nitrogen and oxygen atoms in total. The van der Waals surface area contributed by atoms with Crippen LogP contribution >= 0.6 is 0 Å². The van der Waals surface area contributed by atoms with E-state index in [0.717, 1.165) is 28.9 Å². The lowest BCUT2D eigenvalue weighted by molar-refractivity contribution is 0.738. The van der Waals surface area contributed by atoms with Crippen molar-refractivity contribution in [2.45, 2.75) is 54.9 Å². The van der Waals surface area contributed by atoms with Gasteiger partial charge in [-0.1, -0.05) is 128 Å². The first-order chi connectivity index (χ1) is 15.2. The van der Waals surface area contributed by atoms with E-state index in [9.17, 15) is 0 Å². The van der Waals surface area contributed by atoms with Crippen LogP contribution in [0.3, 0.4) is 0 Å². The Balaban J connectivity index is 0.00000138. The van der Waals surface area contributed by atoms with Crippen LogP contribution in [0.15, 0.2) is 92.1 Å². The third-order valence-corrected chi connectivity index (χ3v) is 4.36. The lowest BCUT2D eigenvalue weighted by atomic mass is 9.94. The van der Waals surface area contributed by atoms with E-state index in [1.54, 1.807) is 6.08 Å². The zero-order chi connectivity index (χ0) is 23.6. The Hall–Kier alpha value is -2.93. The molecule has 1 aromatic heterocycles. The summed E-state index contributed by atoms with van der Waals surface area (Å²) in [5.74, 6) is 0.588. The highest BCUT2D eigenvalue weighted by Gasteiger charge is 2.11. The quantitative estimate of drug-likeness (QED) is 0.443. The van der Waals surface area contributed by atoms with Gasteiger partial charge in [0.15, 0.2) is 0 Å². The molecule has 1 aliphatic rings. The van der Waals surface area contributed by atoms with Crippen molar-refractivity contribution in [2.24, 2.45) is 5.92 Å². The Kier molecular flexibility index (Phi) is 15.2. The summed E-state index contributed by atoms with van der Waals surface area (Å²) in [5, 5.41) is 0. The normalized spacial score (nSPS) is 14.4. The molecule has 0 amide bonds. The number of hydrogen-bond donors (Lipinski definition) is 0. The van der Waals surface area contributed by atoms with Crippen molar-refractivity contribution in [3.8, 4) is 11.1 Å². The molecule has 1 aromatic carbocycles. The first-order valence-electron chi connectivity index (χ1n) is 11.6. The van der Waals surface area contributed by atoms with Gasteiger partial charge in [0.1, 0.15) is 0 Å². The largest absolute Gasteiger partial charge is 0.248 e. The molecular weight excluding hydrogens is 374 g/mol. The average Bonchev–Trinajstić information content (AvgIpc) is 2.87. The third-order valence-electron chi connectivity index (χ3n) is 4.36. The summed E-state index contributed by atoms with van der Waals surface area (Å²) in [7, 11) is 0. The van der Waals surface area contributed by atoms with Crippen LogP contribution in [0.4, 0.5) is 0 Å². The minimum atomic E-state index is 0.588. The van der Waals surface area contributed by atoms with Gasteiger partial charge in [-0.3, -0.25) is 0 Å². The summed E-state index contributed by atoms with van der Waals surface area (Å²) in [6.45, 7) is 22.0. The van der Waals surface area contributed by atoms with Gasteiger partial charge in [0.05, 0.1) is 11.4 Å². The zero-order valence-corrected chi connectivity index (χ0v) is 20.7. The molecule has 1 unspecified atom stereocenters. The van der Waals surface area contributed by atoms with Crippen molar-refractivity contribution in [2.75, 3.05) is 0 Å². The predicted octanol–water partition coefficient (Wildman–Crippen LogP) is 9.56. The van der Waals surface area contributed by atoms with E-state index in [2.05, 4.69) is 74.7 Å². The Labute approximate surface area is 191 Å². The van der Waals surface area contributed by atoms with Gasteiger partial charge < -0.3 is 0 Å². The van der Waals surface area contributed by atoms with Crippen LogP contribution in [-0.2, 0) is 0 Å². The maximum atomic E-state index is 4.89. The lowest BCUT2D eigenvalue weighted by Crippen LogP contribution is -1.99. The predicted molar refractivity (Wildman–Crippen MR) is 143 cm³/mol. The SMILES string of the molecule is C=C/C=C(\C=C)c1cc(-c2ccccc2)cc(C2=CCC(C)C=C2)n1.CC.CC.CC. The summed E-state index contributed by atoms with van der Waals surface area (Å²) in [6.07, 6.45) is 13.3. The van der Waals surface area contributed by atoms with E-state index in [1.165, 1.54) is 11.1 Å². The molecule has 31 heavy (non-hydrogen) atoms. The summed E-state index contributed by atoms with van der Waals surface area (Å²) in [6, 6.07) is 14.7. The number of aromatic nitrogens is 1. The Morgan fingerprint density at radius 3 is 2.10 bits per heavy atom. The molecule has 1 heterocycles. The minimum Gasteiger partial charge on any atom is -0.248 e. The van der Waals surface area contributed by atoms with Crippen LogP contribution in [0.25, 0.3) is 22.3 Å². The van der Waals surface area contributed by atoms with Gasteiger partial charge in [0.2, 0.25) is 0 Å².